The highest BCUT2D eigenvalue weighted by molar-refractivity contribution is 6.30. The van der Waals surface area contributed by atoms with Gasteiger partial charge in [-0.25, -0.2) is 0 Å². The first-order valence-electron chi connectivity index (χ1n) is 7.76. The van der Waals surface area contributed by atoms with E-state index in [-0.39, 0.29) is 16.3 Å². The van der Waals surface area contributed by atoms with Gasteiger partial charge in [0.15, 0.2) is 0 Å². The Balaban J connectivity index is 1.92. The molecular formula is C16H24ClN3O3. The highest BCUT2D eigenvalue weighted by Gasteiger charge is 2.28. The van der Waals surface area contributed by atoms with Gasteiger partial charge in [0.2, 0.25) is 0 Å². The van der Waals surface area contributed by atoms with Gasteiger partial charge in [0.1, 0.15) is 5.02 Å². The lowest BCUT2D eigenvalue weighted by Crippen LogP contribution is -2.51. The van der Waals surface area contributed by atoms with Crippen LogP contribution in [-0.2, 0) is 0 Å². The molecule has 1 amide bonds. The minimum absolute atomic E-state index is 0.0165. The number of rotatable bonds is 3. The van der Waals surface area contributed by atoms with Crippen molar-refractivity contribution in [2.45, 2.75) is 26.9 Å². The van der Waals surface area contributed by atoms with Gasteiger partial charge in [0.05, 0.1) is 11.7 Å². The van der Waals surface area contributed by atoms with E-state index in [4.69, 9.17) is 11.6 Å². The number of aliphatic hydroxyl groups is 1. The van der Waals surface area contributed by atoms with E-state index < -0.39 is 11.7 Å². The zero-order valence-corrected chi connectivity index (χ0v) is 14.6. The van der Waals surface area contributed by atoms with Crippen LogP contribution in [0.1, 0.15) is 31.1 Å². The quantitative estimate of drug-likeness (QED) is 0.866. The number of carbonyl (C=O) groups excluding carboxylic acids is 1. The Bertz CT molecular complexity index is 616. The van der Waals surface area contributed by atoms with Crippen LogP contribution in [-0.4, -0.2) is 64.6 Å². The molecule has 1 fully saturated rings. The van der Waals surface area contributed by atoms with E-state index in [9.17, 15) is 14.7 Å². The second kappa shape index (κ2) is 7.03. The Labute approximate surface area is 141 Å². The Morgan fingerprint density at radius 2 is 1.96 bits per heavy atom. The molecule has 1 aliphatic heterocycles. The summed E-state index contributed by atoms with van der Waals surface area (Å²) in [6, 6.07) is 1.40. The molecule has 2 rings (SSSR count). The molecule has 1 saturated heterocycles. The maximum absolute atomic E-state index is 12.4. The number of hydrogen-bond donors (Lipinski definition) is 2. The summed E-state index contributed by atoms with van der Waals surface area (Å²) < 4.78 is 0. The molecule has 23 heavy (non-hydrogen) atoms. The minimum atomic E-state index is -0.400. The number of hydrogen-bond acceptors (Lipinski definition) is 4. The number of halogens is 1. The van der Waals surface area contributed by atoms with Crippen molar-refractivity contribution in [2.75, 3.05) is 32.7 Å². The lowest BCUT2D eigenvalue weighted by molar-refractivity contribution is 0.0137. The third kappa shape index (κ3) is 4.56. The van der Waals surface area contributed by atoms with Crippen molar-refractivity contribution in [3.63, 3.8) is 0 Å². The Morgan fingerprint density at radius 1 is 1.35 bits per heavy atom. The van der Waals surface area contributed by atoms with E-state index in [1.165, 1.54) is 12.3 Å². The van der Waals surface area contributed by atoms with Gasteiger partial charge in [-0.1, -0.05) is 32.4 Å². The first-order chi connectivity index (χ1) is 10.7. The summed E-state index contributed by atoms with van der Waals surface area (Å²) in [6.07, 6.45) is 0.995. The summed E-state index contributed by atoms with van der Waals surface area (Å²) >= 11 is 5.77. The number of H-pyrrole nitrogens is 1. The van der Waals surface area contributed by atoms with E-state index >= 15 is 0 Å². The summed E-state index contributed by atoms with van der Waals surface area (Å²) in [5.41, 5.74) is -0.165. The molecule has 2 N–H and O–H groups in total. The molecule has 0 aliphatic carbocycles. The molecule has 6 nitrogen and oxygen atoms in total. The standard InChI is InChI=1S/C16H24ClN3O3/c1-16(2,3)13(21)10-19-4-6-20(7-5-19)15(23)11-8-12(17)14(22)18-9-11/h8-9,13,21H,4-7,10H2,1-3H3,(H,18,22)/t13-/m1/s1. The molecule has 2 heterocycles. The van der Waals surface area contributed by atoms with E-state index in [0.717, 1.165) is 13.1 Å². The summed E-state index contributed by atoms with van der Waals surface area (Å²) in [5.74, 6) is -0.140. The first-order valence-corrected chi connectivity index (χ1v) is 8.14. The van der Waals surface area contributed by atoms with Crippen molar-refractivity contribution in [3.8, 4) is 0 Å². The third-order valence-corrected chi connectivity index (χ3v) is 4.48. The number of pyridine rings is 1. The van der Waals surface area contributed by atoms with Crippen LogP contribution in [0.2, 0.25) is 5.02 Å². The second-order valence-corrected chi connectivity index (χ2v) is 7.45. The van der Waals surface area contributed by atoms with Gasteiger partial charge in [-0.3, -0.25) is 14.5 Å². The predicted molar refractivity (Wildman–Crippen MR) is 89.9 cm³/mol. The van der Waals surface area contributed by atoms with Gasteiger partial charge in [-0.2, -0.15) is 0 Å². The molecule has 0 saturated carbocycles. The van der Waals surface area contributed by atoms with E-state index in [2.05, 4.69) is 9.88 Å². The number of amides is 1. The topological polar surface area (TPSA) is 76.6 Å². The van der Waals surface area contributed by atoms with Crippen LogP contribution in [0.25, 0.3) is 0 Å². The van der Waals surface area contributed by atoms with Gasteiger partial charge >= 0.3 is 0 Å². The number of aromatic nitrogens is 1. The van der Waals surface area contributed by atoms with Crippen LogP contribution in [0.5, 0.6) is 0 Å². The largest absolute Gasteiger partial charge is 0.391 e. The van der Waals surface area contributed by atoms with Crippen LogP contribution in [0.15, 0.2) is 17.1 Å². The molecule has 1 aromatic heterocycles. The molecule has 1 aliphatic rings. The molecule has 7 heteroatoms. The average molecular weight is 342 g/mol. The van der Waals surface area contributed by atoms with Crippen molar-refractivity contribution in [1.29, 1.82) is 0 Å². The van der Waals surface area contributed by atoms with E-state index in [1.807, 2.05) is 20.8 Å². The summed E-state index contributed by atoms with van der Waals surface area (Å²) in [6.45, 7) is 9.26. The molecule has 0 spiro atoms. The molecular weight excluding hydrogens is 318 g/mol. The van der Waals surface area contributed by atoms with Gasteiger partial charge in [0.25, 0.3) is 11.5 Å². The molecule has 128 valence electrons. The third-order valence-electron chi connectivity index (χ3n) is 4.20. The number of aliphatic hydroxyl groups excluding tert-OH is 1. The number of piperazine rings is 1. The molecule has 1 aromatic rings. The molecule has 0 radical (unpaired) electrons. The number of β-amino-alcohol motifs (C(OH)–C–C–N with tert-alkyl or cyclic N) is 1. The van der Waals surface area contributed by atoms with Gasteiger partial charge < -0.3 is 15.0 Å². The normalized spacial score (nSPS) is 18.0. The minimum Gasteiger partial charge on any atom is -0.391 e. The Kier molecular flexibility index (Phi) is 5.49. The molecule has 0 aromatic carbocycles. The van der Waals surface area contributed by atoms with Crippen molar-refractivity contribution in [1.82, 2.24) is 14.8 Å². The highest BCUT2D eigenvalue weighted by atomic mass is 35.5. The van der Waals surface area contributed by atoms with Gasteiger partial charge in [-0.05, 0) is 11.5 Å². The number of nitrogens with zero attached hydrogens (tertiary/aromatic N) is 2. The fourth-order valence-corrected chi connectivity index (χ4v) is 2.59. The predicted octanol–water partition coefficient (Wildman–Crippen LogP) is 1.19. The second-order valence-electron chi connectivity index (χ2n) is 7.04. The number of carbonyl (C=O) groups is 1. The highest BCUT2D eigenvalue weighted by Crippen LogP contribution is 2.20. The SMILES string of the molecule is CC(C)(C)[C@H](O)CN1CCN(C(=O)c2c[nH]c(=O)c(Cl)c2)CC1. The zero-order chi connectivity index (χ0) is 17.2. The maximum Gasteiger partial charge on any atom is 0.266 e. The maximum atomic E-state index is 12.4. The average Bonchev–Trinajstić information content (AvgIpc) is 2.49. The van der Waals surface area contributed by atoms with Crippen molar-refractivity contribution < 1.29 is 9.90 Å². The van der Waals surface area contributed by atoms with Crippen LogP contribution in [0.4, 0.5) is 0 Å². The lowest BCUT2D eigenvalue weighted by atomic mass is 9.89. The summed E-state index contributed by atoms with van der Waals surface area (Å²) in [5, 5.41) is 10.2. The summed E-state index contributed by atoms with van der Waals surface area (Å²) in [4.78, 5) is 30.1. The Morgan fingerprint density at radius 3 is 2.48 bits per heavy atom. The number of nitrogens with one attached hydrogen (secondary N) is 1. The van der Waals surface area contributed by atoms with Crippen LogP contribution >= 0.6 is 11.6 Å². The van der Waals surface area contributed by atoms with Gasteiger partial charge in [0, 0.05) is 38.9 Å². The molecule has 1 atom stereocenters. The fourth-order valence-electron chi connectivity index (χ4n) is 2.41. The zero-order valence-electron chi connectivity index (χ0n) is 13.8. The fraction of sp³-hybridized carbons (Fsp3) is 0.625. The lowest BCUT2D eigenvalue weighted by Gasteiger charge is -2.38. The van der Waals surface area contributed by atoms with Crippen molar-refractivity contribution in [2.24, 2.45) is 5.41 Å². The molecule has 0 unspecified atom stereocenters. The Hall–Kier alpha value is -1.37. The van der Waals surface area contributed by atoms with Crippen LogP contribution in [0.3, 0.4) is 0 Å². The summed E-state index contributed by atoms with van der Waals surface area (Å²) in [7, 11) is 0. The first kappa shape index (κ1) is 18.0. The van der Waals surface area contributed by atoms with Crippen molar-refractivity contribution >= 4 is 17.5 Å². The van der Waals surface area contributed by atoms with Crippen LogP contribution < -0.4 is 5.56 Å². The van der Waals surface area contributed by atoms with Crippen molar-refractivity contribution in [3.05, 3.63) is 33.2 Å². The smallest absolute Gasteiger partial charge is 0.266 e. The van der Waals surface area contributed by atoms with Gasteiger partial charge in [-0.15, -0.1) is 0 Å². The van der Waals surface area contributed by atoms with E-state index in [0.29, 0.717) is 25.2 Å². The van der Waals surface area contributed by atoms with E-state index in [1.54, 1.807) is 4.90 Å². The number of aromatic amines is 1. The van der Waals surface area contributed by atoms with Crippen LogP contribution in [0, 0.1) is 5.41 Å². The molecule has 0 bridgehead atoms. The monoisotopic (exact) mass is 341 g/mol.